The molecule has 1 fully saturated rings. The van der Waals surface area contributed by atoms with Crippen LogP contribution in [0.4, 0.5) is 14.6 Å². The number of benzene rings is 2. The molecule has 232 valence electrons. The van der Waals surface area contributed by atoms with Crippen LogP contribution in [0.3, 0.4) is 0 Å². The number of amides is 1. The number of nitrogens with zero attached hydrogens (tertiary/aromatic N) is 4. The van der Waals surface area contributed by atoms with E-state index in [9.17, 15) is 14.0 Å². The number of carbonyl (C=O) groups excluding carboxylic acids is 1. The Balaban J connectivity index is 0.00000423. The number of rotatable bonds is 8. The van der Waals surface area contributed by atoms with Crippen molar-refractivity contribution in [3.63, 3.8) is 0 Å². The molecule has 1 saturated heterocycles. The molecule has 3 atom stereocenters. The minimum Gasteiger partial charge on any atom is -0.382 e. The van der Waals surface area contributed by atoms with E-state index in [1.54, 1.807) is 22.6 Å². The minimum atomic E-state index is -0.884. The topological polar surface area (TPSA) is 76.9 Å². The normalized spacial score (nSPS) is 19.8. The molecule has 0 bridgehead atoms. The smallest absolute Gasteiger partial charge is 0.350 e. The van der Waals surface area contributed by atoms with Gasteiger partial charge in [-0.15, -0.1) is 11.8 Å². The SMILES string of the molecule is C=CC(=O)N1C[C@H](C)N(c2nc(=O)n3c4c(c(-c5cc(Cl)c(F)cc5F)c(Cl)cc24)SC[C@@H]3COCCOC)C[C@H]1C.S. The number of carbonyl (C=O) groups is 1. The largest absolute Gasteiger partial charge is 0.382 e. The lowest BCUT2D eigenvalue weighted by Gasteiger charge is -2.45. The molecule has 8 nitrogen and oxygen atoms in total. The fourth-order valence-electron chi connectivity index (χ4n) is 5.57. The van der Waals surface area contributed by atoms with Gasteiger partial charge in [0.1, 0.15) is 17.5 Å². The van der Waals surface area contributed by atoms with Crippen molar-refractivity contribution in [1.82, 2.24) is 14.5 Å². The number of hydrogen-bond acceptors (Lipinski definition) is 7. The third-order valence-electron chi connectivity index (χ3n) is 7.62. The Morgan fingerprint density at radius 3 is 2.58 bits per heavy atom. The quantitative estimate of drug-likeness (QED) is 0.173. The number of anilines is 1. The fourth-order valence-corrected chi connectivity index (χ4v) is 7.41. The second-order valence-electron chi connectivity index (χ2n) is 10.4. The van der Waals surface area contributed by atoms with Gasteiger partial charge in [-0.25, -0.2) is 13.6 Å². The average molecular weight is 674 g/mol. The maximum Gasteiger partial charge on any atom is 0.350 e. The minimum absolute atomic E-state index is 0. The molecule has 43 heavy (non-hydrogen) atoms. The molecule has 0 N–H and O–H groups in total. The van der Waals surface area contributed by atoms with Gasteiger partial charge in [0, 0.05) is 65.5 Å². The molecule has 1 aromatic heterocycles. The van der Waals surface area contributed by atoms with Gasteiger partial charge in [0.25, 0.3) is 0 Å². The van der Waals surface area contributed by atoms with Gasteiger partial charge in [0.2, 0.25) is 5.91 Å². The van der Waals surface area contributed by atoms with Crippen molar-refractivity contribution in [2.45, 2.75) is 36.9 Å². The predicted molar refractivity (Wildman–Crippen MR) is 172 cm³/mol. The molecule has 5 rings (SSSR count). The zero-order valence-electron chi connectivity index (χ0n) is 23.8. The monoisotopic (exact) mass is 672 g/mol. The zero-order valence-corrected chi connectivity index (χ0v) is 27.2. The van der Waals surface area contributed by atoms with Gasteiger partial charge in [-0.3, -0.25) is 9.36 Å². The average Bonchev–Trinajstić information content (AvgIpc) is 2.96. The summed E-state index contributed by atoms with van der Waals surface area (Å²) in [6.45, 7) is 9.29. The van der Waals surface area contributed by atoms with Crippen molar-refractivity contribution in [2.75, 3.05) is 50.7 Å². The summed E-state index contributed by atoms with van der Waals surface area (Å²) in [5, 5.41) is 0.557. The Bertz CT molecular complexity index is 1630. The molecule has 3 aromatic rings. The number of hydrogen-bond donors (Lipinski definition) is 0. The highest BCUT2D eigenvalue weighted by atomic mass is 35.5. The van der Waals surface area contributed by atoms with E-state index in [0.29, 0.717) is 59.2 Å². The summed E-state index contributed by atoms with van der Waals surface area (Å²) < 4.78 is 41.7. The van der Waals surface area contributed by atoms with Gasteiger partial charge in [-0.05, 0) is 32.1 Å². The van der Waals surface area contributed by atoms with E-state index in [2.05, 4.69) is 11.6 Å². The summed E-state index contributed by atoms with van der Waals surface area (Å²) in [5.41, 5.74) is 0.391. The van der Waals surface area contributed by atoms with Crippen LogP contribution in [0.1, 0.15) is 19.9 Å². The standard InChI is InChI=1S/C29H30Cl2F2N4O4S.H2S/c1-5-24(38)35-11-16(3)36(12-15(35)2)28-19-9-21(31)25(18-8-20(30)23(33)10-22(18)32)27-26(19)37(29(39)34-28)17(14-42-27)13-41-7-6-40-4;/h5,8-10,15-17H,1,6-7,11-14H2,2-4H3;1H2/t15-,16+,17+;/m1./s1. The van der Waals surface area contributed by atoms with Gasteiger partial charge in [-0.1, -0.05) is 29.8 Å². The highest BCUT2D eigenvalue weighted by Crippen LogP contribution is 2.48. The van der Waals surface area contributed by atoms with Gasteiger partial charge >= 0.3 is 5.69 Å². The Kier molecular flexibility index (Phi) is 10.7. The Hall–Kier alpha value is -2.35. The molecule has 2 aliphatic rings. The van der Waals surface area contributed by atoms with E-state index in [4.69, 9.17) is 32.7 Å². The van der Waals surface area contributed by atoms with Crippen LogP contribution in [0.5, 0.6) is 0 Å². The molecule has 1 amide bonds. The van der Waals surface area contributed by atoms with Gasteiger partial charge in [0.15, 0.2) is 0 Å². The summed E-state index contributed by atoms with van der Waals surface area (Å²) in [5.74, 6) is -1.03. The summed E-state index contributed by atoms with van der Waals surface area (Å²) >= 11 is 14.3. The highest BCUT2D eigenvalue weighted by molar-refractivity contribution is 7.99. The first-order valence-electron chi connectivity index (χ1n) is 13.4. The van der Waals surface area contributed by atoms with Crippen LogP contribution in [-0.4, -0.2) is 78.2 Å². The van der Waals surface area contributed by atoms with Crippen molar-refractivity contribution >= 4 is 71.1 Å². The maximum absolute atomic E-state index is 15.2. The number of methoxy groups -OCH3 is 1. The van der Waals surface area contributed by atoms with E-state index in [-0.39, 0.29) is 59.7 Å². The Morgan fingerprint density at radius 1 is 1.14 bits per heavy atom. The summed E-state index contributed by atoms with van der Waals surface area (Å²) in [6, 6.07) is 2.86. The summed E-state index contributed by atoms with van der Waals surface area (Å²) in [6.07, 6.45) is 1.29. The number of halogens is 4. The number of aromatic nitrogens is 2. The Labute approximate surface area is 269 Å². The van der Waals surface area contributed by atoms with Gasteiger partial charge in [-0.2, -0.15) is 18.5 Å². The van der Waals surface area contributed by atoms with Crippen molar-refractivity contribution in [3.8, 4) is 11.1 Å². The summed E-state index contributed by atoms with van der Waals surface area (Å²) in [7, 11) is 1.58. The van der Waals surface area contributed by atoms with E-state index in [1.165, 1.54) is 23.9 Å². The van der Waals surface area contributed by atoms with E-state index >= 15 is 4.39 Å². The molecule has 2 aliphatic heterocycles. The van der Waals surface area contributed by atoms with Gasteiger partial charge in [0.05, 0.1) is 41.4 Å². The molecule has 0 unspecified atom stereocenters. The number of thioether (sulfide) groups is 1. The van der Waals surface area contributed by atoms with Crippen LogP contribution >= 0.6 is 48.5 Å². The Morgan fingerprint density at radius 2 is 1.88 bits per heavy atom. The molecule has 14 heteroatoms. The second kappa shape index (κ2) is 13.7. The van der Waals surface area contributed by atoms with Gasteiger partial charge < -0.3 is 19.3 Å². The molecule has 3 heterocycles. The molecule has 0 saturated carbocycles. The first-order valence-corrected chi connectivity index (χ1v) is 15.1. The third kappa shape index (κ3) is 6.27. The lowest BCUT2D eigenvalue weighted by molar-refractivity contribution is -0.128. The molecule has 2 aromatic carbocycles. The number of piperazine rings is 1. The predicted octanol–water partition coefficient (Wildman–Crippen LogP) is 5.68. The molecule has 0 aliphatic carbocycles. The van der Waals surface area contributed by atoms with E-state index in [0.717, 1.165) is 6.07 Å². The van der Waals surface area contributed by atoms with Crippen LogP contribution in [0.25, 0.3) is 22.0 Å². The third-order valence-corrected chi connectivity index (χ3v) is 9.44. The lowest BCUT2D eigenvalue weighted by atomic mass is 10.0. The second-order valence-corrected chi connectivity index (χ2v) is 12.2. The van der Waals surface area contributed by atoms with Crippen molar-refractivity contribution < 1.29 is 23.0 Å². The fraction of sp³-hybridized carbons (Fsp3) is 0.414. The summed E-state index contributed by atoms with van der Waals surface area (Å²) in [4.78, 5) is 35.1. The van der Waals surface area contributed by atoms with E-state index < -0.39 is 17.3 Å². The molecular weight excluding hydrogens is 641 g/mol. The van der Waals surface area contributed by atoms with E-state index in [1.807, 2.05) is 18.7 Å². The molecular formula is C29H32Cl2F2N4O4S2. The zero-order chi connectivity index (χ0) is 30.3. The van der Waals surface area contributed by atoms with Crippen molar-refractivity contribution in [3.05, 3.63) is 63.0 Å². The first-order chi connectivity index (χ1) is 20.1. The van der Waals surface area contributed by atoms with Crippen LogP contribution in [0.15, 0.2) is 40.5 Å². The van der Waals surface area contributed by atoms with Crippen molar-refractivity contribution in [2.24, 2.45) is 0 Å². The lowest BCUT2D eigenvalue weighted by Crippen LogP contribution is -2.58. The van der Waals surface area contributed by atoms with Crippen molar-refractivity contribution in [1.29, 1.82) is 0 Å². The first kappa shape index (κ1) is 33.5. The maximum atomic E-state index is 15.2. The molecule has 0 radical (unpaired) electrons. The number of ether oxygens (including phenoxy) is 2. The highest BCUT2D eigenvalue weighted by Gasteiger charge is 2.36. The van der Waals surface area contributed by atoms with Crippen LogP contribution in [0, 0.1) is 11.6 Å². The molecule has 0 spiro atoms. The van der Waals surface area contributed by atoms with Crippen LogP contribution in [0.2, 0.25) is 10.0 Å². The van der Waals surface area contributed by atoms with Crippen LogP contribution < -0.4 is 10.6 Å². The van der Waals surface area contributed by atoms with Crippen LogP contribution in [-0.2, 0) is 14.3 Å².